The van der Waals surface area contributed by atoms with Crippen molar-refractivity contribution >= 4 is 0 Å². The van der Waals surface area contributed by atoms with E-state index >= 15 is 0 Å². The predicted molar refractivity (Wildman–Crippen MR) is 78.9 cm³/mol. The van der Waals surface area contributed by atoms with Crippen molar-refractivity contribution < 1.29 is 0 Å². The summed E-state index contributed by atoms with van der Waals surface area (Å²) in [6.07, 6.45) is 8.28. The van der Waals surface area contributed by atoms with Crippen LogP contribution < -0.4 is 5.32 Å². The summed E-state index contributed by atoms with van der Waals surface area (Å²) in [6.45, 7) is 12.4. The third-order valence-corrected chi connectivity index (χ3v) is 4.80. The van der Waals surface area contributed by atoms with E-state index in [4.69, 9.17) is 0 Å². The van der Waals surface area contributed by atoms with Gasteiger partial charge >= 0.3 is 0 Å². The molecule has 2 nitrogen and oxygen atoms in total. The highest BCUT2D eigenvalue weighted by Crippen LogP contribution is 2.29. The molecule has 1 aliphatic carbocycles. The van der Waals surface area contributed by atoms with E-state index in [2.05, 4.69) is 31.0 Å². The molecule has 2 unspecified atom stereocenters. The summed E-state index contributed by atoms with van der Waals surface area (Å²) in [5.41, 5.74) is 0.486. The molecule has 2 aliphatic rings. The Bertz CT molecular complexity index is 249. The summed E-state index contributed by atoms with van der Waals surface area (Å²) in [5, 5.41) is 3.75. The molecule has 2 atom stereocenters. The van der Waals surface area contributed by atoms with Crippen molar-refractivity contribution in [3.8, 4) is 0 Å². The maximum atomic E-state index is 3.75. The van der Waals surface area contributed by atoms with Crippen molar-refractivity contribution in [3.05, 3.63) is 0 Å². The number of hydrogen-bond acceptors (Lipinski definition) is 2. The summed E-state index contributed by atoms with van der Waals surface area (Å²) < 4.78 is 0. The van der Waals surface area contributed by atoms with Crippen molar-refractivity contribution in [1.82, 2.24) is 10.2 Å². The van der Waals surface area contributed by atoms with Crippen molar-refractivity contribution in [1.29, 1.82) is 0 Å². The van der Waals surface area contributed by atoms with Crippen molar-refractivity contribution in [2.75, 3.05) is 26.2 Å². The Morgan fingerprint density at radius 1 is 1.22 bits per heavy atom. The molecule has 1 aliphatic heterocycles. The van der Waals surface area contributed by atoms with Crippen LogP contribution in [0.3, 0.4) is 0 Å². The summed E-state index contributed by atoms with van der Waals surface area (Å²) in [5.74, 6) is 0.965. The van der Waals surface area contributed by atoms with E-state index in [0.717, 1.165) is 12.0 Å². The van der Waals surface area contributed by atoms with Crippen LogP contribution in [0, 0.1) is 11.3 Å². The van der Waals surface area contributed by atoms with Gasteiger partial charge in [-0.15, -0.1) is 0 Å². The molecule has 0 radical (unpaired) electrons. The molecule has 0 aromatic rings. The third-order valence-electron chi connectivity index (χ3n) is 4.80. The molecule has 0 bridgehead atoms. The van der Waals surface area contributed by atoms with Gasteiger partial charge in [-0.2, -0.15) is 0 Å². The lowest BCUT2D eigenvalue weighted by Gasteiger charge is -2.34. The molecular formula is C16H32N2. The lowest BCUT2D eigenvalue weighted by molar-refractivity contribution is 0.168. The summed E-state index contributed by atoms with van der Waals surface area (Å²) in [7, 11) is 0. The maximum Gasteiger partial charge on any atom is 0.00684 e. The van der Waals surface area contributed by atoms with Gasteiger partial charge in [-0.3, -0.25) is 0 Å². The molecule has 0 amide bonds. The zero-order chi connectivity index (χ0) is 13.0. The smallest absolute Gasteiger partial charge is 0.00684 e. The topological polar surface area (TPSA) is 15.3 Å². The fourth-order valence-electron chi connectivity index (χ4n) is 3.43. The Hall–Kier alpha value is -0.0800. The molecule has 0 aromatic heterocycles. The Morgan fingerprint density at radius 2 is 2.00 bits per heavy atom. The van der Waals surface area contributed by atoms with E-state index < -0.39 is 0 Å². The SMILES string of the molecule is CCCC(C)(CNC1CC1)CN1CCC(CC)C1. The molecule has 18 heavy (non-hydrogen) atoms. The highest BCUT2D eigenvalue weighted by atomic mass is 15.2. The van der Waals surface area contributed by atoms with E-state index in [-0.39, 0.29) is 0 Å². The summed E-state index contributed by atoms with van der Waals surface area (Å²) in [4.78, 5) is 2.72. The van der Waals surface area contributed by atoms with Crippen LogP contribution in [0.2, 0.25) is 0 Å². The normalized spacial score (nSPS) is 28.5. The van der Waals surface area contributed by atoms with Crippen molar-refractivity contribution in [3.63, 3.8) is 0 Å². The highest BCUT2D eigenvalue weighted by molar-refractivity contribution is 4.88. The quantitative estimate of drug-likeness (QED) is 0.713. The predicted octanol–water partition coefficient (Wildman–Crippen LogP) is 3.28. The molecule has 1 saturated carbocycles. The minimum atomic E-state index is 0.486. The van der Waals surface area contributed by atoms with Gasteiger partial charge in [-0.1, -0.05) is 33.6 Å². The zero-order valence-electron chi connectivity index (χ0n) is 12.7. The van der Waals surface area contributed by atoms with Gasteiger partial charge in [0.05, 0.1) is 0 Å². The lowest BCUT2D eigenvalue weighted by atomic mass is 9.84. The van der Waals surface area contributed by atoms with Crippen LogP contribution >= 0.6 is 0 Å². The van der Waals surface area contributed by atoms with Crippen LogP contribution in [0.1, 0.15) is 59.3 Å². The lowest BCUT2D eigenvalue weighted by Crippen LogP contribution is -2.42. The van der Waals surface area contributed by atoms with Crippen LogP contribution in [0.4, 0.5) is 0 Å². The second-order valence-electron chi connectivity index (χ2n) is 7.01. The maximum absolute atomic E-state index is 3.75. The number of hydrogen-bond donors (Lipinski definition) is 1. The molecule has 0 aromatic carbocycles. The first kappa shape index (κ1) is 14.3. The van der Waals surface area contributed by atoms with Crippen molar-refractivity contribution in [2.45, 2.75) is 65.3 Å². The van der Waals surface area contributed by atoms with E-state index in [1.165, 1.54) is 64.7 Å². The van der Waals surface area contributed by atoms with Gasteiger partial charge in [-0.25, -0.2) is 0 Å². The van der Waals surface area contributed by atoms with E-state index in [0.29, 0.717) is 5.41 Å². The summed E-state index contributed by atoms with van der Waals surface area (Å²) >= 11 is 0. The molecule has 1 N–H and O–H groups in total. The largest absolute Gasteiger partial charge is 0.313 e. The first-order valence-corrected chi connectivity index (χ1v) is 8.11. The standard InChI is InChI=1S/C16H32N2/c1-4-9-16(3,12-17-15-6-7-15)13-18-10-8-14(5-2)11-18/h14-15,17H,4-13H2,1-3H3. The van der Waals surface area contributed by atoms with Gasteiger partial charge in [-0.05, 0) is 43.6 Å². The zero-order valence-corrected chi connectivity index (χ0v) is 12.7. The second-order valence-corrected chi connectivity index (χ2v) is 7.01. The van der Waals surface area contributed by atoms with Crippen molar-refractivity contribution in [2.24, 2.45) is 11.3 Å². The van der Waals surface area contributed by atoms with Gasteiger partial charge in [0.2, 0.25) is 0 Å². The van der Waals surface area contributed by atoms with Crippen LogP contribution in [0.5, 0.6) is 0 Å². The molecule has 2 fully saturated rings. The Labute approximate surface area is 114 Å². The van der Waals surface area contributed by atoms with E-state index in [1.54, 1.807) is 0 Å². The Balaban J connectivity index is 1.79. The minimum Gasteiger partial charge on any atom is -0.313 e. The number of likely N-dealkylation sites (tertiary alicyclic amines) is 1. The molecule has 1 heterocycles. The van der Waals surface area contributed by atoms with Crippen LogP contribution in [-0.2, 0) is 0 Å². The first-order valence-electron chi connectivity index (χ1n) is 8.11. The fourth-order valence-corrected chi connectivity index (χ4v) is 3.43. The Kier molecular flexibility index (Phi) is 5.08. The average Bonchev–Trinajstić information content (AvgIpc) is 3.07. The van der Waals surface area contributed by atoms with Gasteiger partial charge in [0.25, 0.3) is 0 Å². The van der Waals surface area contributed by atoms with E-state index in [1.807, 2.05) is 0 Å². The van der Waals surface area contributed by atoms with Crippen LogP contribution in [-0.4, -0.2) is 37.1 Å². The van der Waals surface area contributed by atoms with Gasteiger partial charge in [0, 0.05) is 25.7 Å². The number of rotatable bonds is 8. The van der Waals surface area contributed by atoms with Gasteiger partial charge in [0.1, 0.15) is 0 Å². The molecule has 0 spiro atoms. The minimum absolute atomic E-state index is 0.486. The molecule has 1 saturated heterocycles. The molecule has 106 valence electrons. The van der Waals surface area contributed by atoms with Crippen LogP contribution in [0.15, 0.2) is 0 Å². The molecule has 2 rings (SSSR count). The Morgan fingerprint density at radius 3 is 2.56 bits per heavy atom. The third kappa shape index (κ3) is 4.24. The monoisotopic (exact) mass is 252 g/mol. The van der Waals surface area contributed by atoms with E-state index in [9.17, 15) is 0 Å². The second kappa shape index (κ2) is 6.38. The first-order chi connectivity index (χ1) is 8.65. The number of nitrogens with zero attached hydrogens (tertiary/aromatic N) is 1. The van der Waals surface area contributed by atoms with Gasteiger partial charge < -0.3 is 10.2 Å². The fraction of sp³-hybridized carbons (Fsp3) is 1.00. The van der Waals surface area contributed by atoms with Crippen LogP contribution in [0.25, 0.3) is 0 Å². The summed E-state index contributed by atoms with van der Waals surface area (Å²) in [6, 6.07) is 0.850. The highest BCUT2D eigenvalue weighted by Gasteiger charge is 2.32. The average molecular weight is 252 g/mol. The van der Waals surface area contributed by atoms with Gasteiger partial charge in [0.15, 0.2) is 0 Å². The molecular weight excluding hydrogens is 220 g/mol. The number of nitrogens with one attached hydrogen (secondary N) is 1. The molecule has 2 heteroatoms.